The van der Waals surface area contributed by atoms with Crippen molar-refractivity contribution in [3.05, 3.63) is 46.1 Å². The lowest BCUT2D eigenvalue weighted by molar-refractivity contribution is 0.315. The summed E-state index contributed by atoms with van der Waals surface area (Å²) < 4.78 is 0. The zero-order valence-electron chi connectivity index (χ0n) is 8.11. The van der Waals surface area contributed by atoms with Crippen molar-refractivity contribution in [3.63, 3.8) is 0 Å². The van der Waals surface area contributed by atoms with Gasteiger partial charge in [0.25, 0.3) is 0 Å². The molecule has 1 unspecified atom stereocenters. The number of thiocarbonyl (C=S) groups is 1. The van der Waals surface area contributed by atoms with Gasteiger partial charge in [-0.2, -0.15) is 0 Å². The predicted octanol–water partition coefficient (Wildman–Crippen LogP) is 2.58. The number of benzene rings is 1. The summed E-state index contributed by atoms with van der Waals surface area (Å²) in [5, 5.41) is 8.78. The summed E-state index contributed by atoms with van der Waals surface area (Å²) in [4.78, 5) is 0. The molecule has 2 aliphatic rings. The Kier molecular flexibility index (Phi) is 2.46. The summed E-state index contributed by atoms with van der Waals surface area (Å²) in [6, 6.07) is 7.86. The van der Waals surface area contributed by atoms with Gasteiger partial charge in [0.05, 0.1) is 0 Å². The maximum Gasteiger partial charge on any atom is 0.191 e. The molecular weight excluding hydrogens is 262 g/mol. The Labute approximate surface area is 108 Å². The molecule has 3 nitrogen and oxygen atoms in total. The number of hydrogen-bond donors (Lipinski definition) is 2. The van der Waals surface area contributed by atoms with E-state index in [1.54, 1.807) is 11.8 Å². The molecule has 1 saturated heterocycles. The van der Waals surface area contributed by atoms with E-state index in [1.807, 2.05) is 29.3 Å². The molecule has 1 fully saturated rings. The number of nitrogens with zero attached hydrogens (tertiary/aromatic N) is 1. The van der Waals surface area contributed by atoms with E-state index in [2.05, 4.69) is 16.2 Å². The zero-order chi connectivity index (χ0) is 11.1. The SMILES string of the molecule is S=C1NC2=CSC(c3ccc(Cl)cc3)N2N1. The van der Waals surface area contributed by atoms with Gasteiger partial charge in [-0.15, -0.1) is 0 Å². The fraction of sp³-hybridized carbons (Fsp3) is 0.100. The Morgan fingerprint density at radius 3 is 2.81 bits per heavy atom. The summed E-state index contributed by atoms with van der Waals surface area (Å²) in [6.07, 6.45) is 0. The third-order valence-corrected chi connectivity index (χ3v) is 3.97. The molecular formula is C10H8ClN3S2. The molecule has 0 amide bonds. The van der Waals surface area contributed by atoms with Crippen molar-refractivity contribution >= 4 is 40.7 Å². The van der Waals surface area contributed by atoms with E-state index in [0.717, 1.165) is 10.8 Å². The van der Waals surface area contributed by atoms with Gasteiger partial charge in [0, 0.05) is 10.4 Å². The molecule has 0 aromatic heterocycles. The van der Waals surface area contributed by atoms with Crippen LogP contribution in [0, 0.1) is 0 Å². The zero-order valence-corrected chi connectivity index (χ0v) is 10.5. The smallest absolute Gasteiger partial charge is 0.191 e. The number of rotatable bonds is 1. The third kappa shape index (κ3) is 1.65. The summed E-state index contributed by atoms with van der Waals surface area (Å²) in [5.41, 5.74) is 4.30. The number of hydrazine groups is 1. The first kappa shape index (κ1) is 10.3. The Morgan fingerprint density at radius 2 is 2.06 bits per heavy atom. The van der Waals surface area contributed by atoms with Crippen LogP contribution in [0.5, 0.6) is 0 Å². The van der Waals surface area contributed by atoms with Gasteiger partial charge in [-0.05, 0) is 29.9 Å². The number of nitrogens with one attached hydrogen (secondary N) is 2. The number of halogens is 1. The molecule has 82 valence electrons. The molecule has 1 aromatic carbocycles. The van der Waals surface area contributed by atoms with Crippen LogP contribution in [0.4, 0.5) is 0 Å². The molecule has 1 atom stereocenters. The highest BCUT2D eigenvalue weighted by atomic mass is 35.5. The van der Waals surface area contributed by atoms with Gasteiger partial charge in [0.15, 0.2) is 5.11 Å². The van der Waals surface area contributed by atoms with E-state index in [1.165, 1.54) is 5.56 Å². The Hall–Kier alpha value is -0.910. The molecule has 6 heteroatoms. The van der Waals surface area contributed by atoms with Crippen molar-refractivity contribution in [3.8, 4) is 0 Å². The highest BCUT2D eigenvalue weighted by molar-refractivity contribution is 8.02. The molecule has 2 N–H and O–H groups in total. The minimum atomic E-state index is 0.209. The molecule has 0 bridgehead atoms. The lowest BCUT2D eigenvalue weighted by Crippen LogP contribution is -2.32. The summed E-state index contributed by atoms with van der Waals surface area (Å²) >= 11 is 12.7. The fourth-order valence-electron chi connectivity index (χ4n) is 1.69. The first-order chi connectivity index (χ1) is 7.74. The summed E-state index contributed by atoms with van der Waals surface area (Å²) in [5.74, 6) is 1.01. The lowest BCUT2D eigenvalue weighted by atomic mass is 10.2. The standard InChI is InChI=1S/C10H8ClN3S2/c11-7-3-1-6(2-4-7)9-14-8(5-16-9)12-10(15)13-14/h1-5,9H,(H2,12,13,15). The Balaban J connectivity index is 1.88. The number of hydrogen-bond acceptors (Lipinski definition) is 3. The van der Waals surface area contributed by atoms with Crippen LogP contribution in [-0.4, -0.2) is 10.1 Å². The summed E-state index contributed by atoms with van der Waals surface area (Å²) in [7, 11) is 0. The second kappa shape index (κ2) is 3.84. The van der Waals surface area contributed by atoms with Crippen molar-refractivity contribution in [2.45, 2.75) is 5.37 Å². The maximum atomic E-state index is 5.87. The molecule has 0 aliphatic carbocycles. The van der Waals surface area contributed by atoms with Crippen molar-refractivity contribution in [2.75, 3.05) is 0 Å². The number of thioether (sulfide) groups is 1. The average Bonchev–Trinajstić information content (AvgIpc) is 2.78. The Morgan fingerprint density at radius 1 is 1.31 bits per heavy atom. The maximum absolute atomic E-state index is 5.87. The van der Waals surface area contributed by atoms with Crippen LogP contribution in [0.2, 0.25) is 5.02 Å². The normalized spacial score (nSPS) is 22.6. The largest absolute Gasteiger partial charge is 0.316 e. The van der Waals surface area contributed by atoms with E-state index in [4.69, 9.17) is 23.8 Å². The molecule has 0 spiro atoms. The first-order valence-corrected chi connectivity index (χ1v) is 6.45. The van der Waals surface area contributed by atoms with Crippen LogP contribution in [0.25, 0.3) is 0 Å². The fourth-order valence-corrected chi connectivity index (χ4v) is 3.05. The lowest BCUT2D eigenvalue weighted by Gasteiger charge is -2.22. The van der Waals surface area contributed by atoms with Crippen LogP contribution < -0.4 is 10.7 Å². The number of fused-ring (bicyclic) bond motifs is 1. The van der Waals surface area contributed by atoms with Crippen LogP contribution in [0.3, 0.4) is 0 Å². The van der Waals surface area contributed by atoms with Crippen molar-refractivity contribution in [1.82, 2.24) is 15.8 Å². The minimum Gasteiger partial charge on any atom is -0.316 e. The van der Waals surface area contributed by atoms with Gasteiger partial charge in [0.1, 0.15) is 11.2 Å². The average molecular weight is 270 g/mol. The molecule has 16 heavy (non-hydrogen) atoms. The second-order valence-corrected chi connectivity index (χ2v) is 5.28. The van der Waals surface area contributed by atoms with E-state index < -0.39 is 0 Å². The van der Waals surface area contributed by atoms with Gasteiger partial charge >= 0.3 is 0 Å². The van der Waals surface area contributed by atoms with Gasteiger partial charge in [0.2, 0.25) is 0 Å². The molecule has 2 heterocycles. The van der Waals surface area contributed by atoms with Gasteiger partial charge in [-0.1, -0.05) is 35.5 Å². The van der Waals surface area contributed by atoms with E-state index >= 15 is 0 Å². The first-order valence-electron chi connectivity index (χ1n) is 4.72. The molecule has 2 aliphatic heterocycles. The predicted molar refractivity (Wildman–Crippen MR) is 70.6 cm³/mol. The topological polar surface area (TPSA) is 27.3 Å². The highest BCUT2D eigenvalue weighted by Crippen LogP contribution is 2.41. The van der Waals surface area contributed by atoms with E-state index in [0.29, 0.717) is 5.11 Å². The third-order valence-electron chi connectivity index (χ3n) is 2.42. The second-order valence-electron chi connectivity index (χ2n) is 3.48. The van der Waals surface area contributed by atoms with Crippen molar-refractivity contribution in [2.24, 2.45) is 0 Å². The highest BCUT2D eigenvalue weighted by Gasteiger charge is 2.33. The van der Waals surface area contributed by atoms with Gasteiger partial charge in [-0.3, -0.25) is 10.4 Å². The monoisotopic (exact) mass is 269 g/mol. The van der Waals surface area contributed by atoms with Crippen LogP contribution in [0.1, 0.15) is 10.9 Å². The molecule has 0 saturated carbocycles. The minimum absolute atomic E-state index is 0.209. The molecule has 3 rings (SSSR count). The van der Waals surface area contributed by atoms with Gasteiger partial charge < -0.3 is 5.32 Å². The van der Waals surface area contributed by atoms with E-state index in [-0.39, 0.29) is 5.37 Å². The van der Waals surface area contributed by atoms with E-state index in [9.17, 15) is 0 Å². The quantitative estimate of drug-likeness (QED) is 0.765. The summed E-state index contributed by atoms with van der Waals surface area (Å²) in [6.45, 7) is 0. The van der Waals surface area contributed by atoms with Crippen LogP contribution in [-0.2, 0) is 0 Å². The van der Waals surface area contributed by atoms with Crippen molar-refractivity contribution < 1.29 is 0 Å². The van der Waals surface area contributed by atoms with Crippen LogP contribution >= 0.6 is 35.6 Å². The molecule has 1 aromatic rings. The Bertz CT molecular complexity index is 471. The van der Waals surface area contributed by atoms with Crippen molar-refractivity contribution in [1.29, 1.82) is 0 Å². The van der Waals surface area contributed by atoms with Crippen LogP contribution in [0.15, 0.2) is 35.5 Å². The molecule has 0 radical (unpaired) electrons. The van der Waals surface area contributed by atoms with Gasteiger partial charge in [-0.25, -0.2) is 0 Å².